The lowest BCUT2D eigenvalue weighted by molar-refractivity contribution is 0.00690. The summed E-state index contributed by atoms with van der Waals surface area (Å²) >= 11 is 0. The van der Waals surface area contributed by atoms with Crippen LogP contribution in [0.1, 0.15) is 34.1 Å². The summed E-state index contributed by atoms with van der Waals surface area (Å²) in [5.41, 5.74) is 2.07. The van der Waals surface area contributed by atoms with Gasteiger partial charge in [-0.15, -0.1) is 5.10 Å². The van der Waals surface area contributed by atoms with Gasteiger partial charge in [0.1, 0.15) is 17.1 Å². The maximum Gasteiger partial charge on any atom is 0.360 e. The van der Waals surface area contributed by atoms with E-state index >= 15 is 0 Å². The van der Waals surface area contributed by atoms with Crippen molar-refractivity contribution in [2.75, 3.05) is 27.4 Å². The number of rotatable bonds is 11. The van der Waals surface area contributed by atoms with Gasteiger partial charge in [-0.1, -0.05) is 59.8 Å². The Balaban J connectivity index is 1.72. The van der Waals surface area contributed by atoms with E-state index in [0.717, 1.165) is 28.2 Å². The summed E-state index contributed by atoms with van der Waals surface area (Å²) in [5.74, 6) is 1.01. The highest BCUT2D eigenvalue weighted by Crippen LogP contribution is 2.41. The maximum atomic E-state index is 12.0. The van der Waals surface area contributed by atoms with Gasteiger partial charge in [-0.3, -0.25) is 0 Å². The average Bonchev–Trinajstić information content (AvgIpc) is 3.41. The number of aromatic nitrogens is 3. The predicted molar refractivity (Wildman–Crippen MR) is 134 cm³/mol. The highest BCUT2D eigenvalue weighted by atomic mass is 16.5. The minimum Gasteiger partial charge on any atom is -0.497 e. The maximum absolute atomic E-state index is 12.0. The van der Waals surface area contributed by atoms with Crippen molar-refractivity contribution in [2.45, 2.75) is 19.1 Å². The lowest BCUT2D eigenvalue weighted by Crippen LogP contribution is -2.34. The quantitative estimate of drug-likeness (QED) is 0.228. The smallest absolute Gasteiger partial charge is 0.360 e. The van der Waals surface area contributed by atoms with Gasteiger partial charge < -0.3 is 18.9 Å². The Morgan fingerprint density at radius 2 is 1.39 bits per heavy atom. The fourth-order valence-corrected chi connectivity index (χ4v) is 4.07. The number of nitrogens with zero attached hydrogens (tertiary/aromatic N) is 3. The first-order valence-electron chi connectivity index (χ1n) is 11.7. The summed E-state index contributed by atoms with van der Waals surface area (Å²) < 4.78 is 24.1. The molecule has 0 spiro atoms. The third-order valence-corrected chi connectivity index (χ3v) is 5.84. The van der Waals surface area contributed by atoms with Gasteiger partial charge in [0.25, 0.3) is 0 Å². The molecule has 1 heterocycles. The standard InChI is InChI=1S/C28H29N3O5/c1-4-35-27(32)26-20-31(30-29-26)18-19-36-28(21-8-6-5-7-9-21,22-10-14-24(33-2)15-11-22)23-12-16-25(34-3)17-13-23/h5-17,20H,4,18-19H2,1-3H3. The van der Waals surface area contributed by atoms with Crippen LogP contribution in [0, 0.1) is 0 Å². The normalized spacial score (nSPS) is 11.2. The topological polar surface area (TPSA) is 84.7 Å². The lowest BCUT2D eigenvalue weighted by Gasteiger charge is -2.36. The minimum atomic E-state index is -0.926. The Hall–Kier alpha value is -4.17. The van der Waals surface area contributed by atoms with Gasteiger partial charge in [0, 0.05) is 0 Å². The zero-order valence-electron chi connectivity index (χ0n) is 20.6. The van der Waals surface area contributed by atoms with Gasteiger partial charge in [0.15, 0.2) is 5.69 Å². The molecule has 186 valence electrons. The number of carbonyl (C=O) groups is 1. The minimum absolute atomic E-state index is 0.163. The van der Waals surface area contributed by atoms with Crippen molar-refractivity contribution >= 4 is 5.97 Å². The molecule has 4 rings (SSSR count). The molecule has 0 saturated carbocycles. The van der Waals surface area contributed by atoms with Gasteiger partial charge in [-0.2, -0.15) is 0 Å². The van der Waals surface area contributed by atoms with Gasteiger partial charge >= 0.3 is 5.97 Å². The molecule has 0 amide bonds. The first kappa shape index (κ1) is 24.9. The molecule has 36 heavy (non-hydrogen) atoms. The molecule has 0 bridgehead atoms. The third kappa shape index (κ3) is 5.23. The van der Waals surface area contributed by atoms with Crippen molar-refractivity contribution < 1.29 is 23.7 Å². The predicted octanol–water partition coefficient (Wildman–Crippen LogP) is 4.48. The largest absolute Gasteiger partial charge is 0.497 e. The molecule has 8 heteroatoms. The third-order valence-electron chi connectivity index (χ3n) is 5.84. The molecule has 0 aliphatic heterocycles. The molecule has 0 N–H and O–H groups in total. The molecule has 0 unspecified atom stereocenters. The van der Waals surface area contributed by atoms with Crippen molar-refractivity contribution in [2.24, 2.45) is 0 Å². The second-order valence-corrected chi connectivity index (χ2v) is 7.94. The van der Waals surface area contributed by atoms with Crippen molar-refractivity contribution in [3.05, 3.63) is 107 Å². The monoisotopic (exact) mass is 487 g/mol. The van der Waals surface area contributed by atoms with E-state index in [1.165, 1.54) is 0 Å². The number of ether oxygens (including phenoxy) is 4. The molecule has 4 aromatic rings. The van der Waals surface area contributed by atoms with Gasteiger partial charge in [-0.25, -0.2) is 9.48 Å². The van der Waals surface area contributed by atoms with Gasteiger partial charge in [0.05, 0.1) is 40.2 Å². The van der Waals surface area contributed by atoms with Gasteiger partial charge in [0.2, 0.25) is 0 Å². The first-order chi connectivity index (χ1) is 17.6. The number of hydrogen-bond donors (Lipinski definition) is 0. The van der Waals surface area contributed by atoms with Crippen LogP contribution < -0.4 is 9.47 Å². The van der Waals surface area contributed by atoms with E-state index in [1.54, 1.807) is 32.0 Å². The Kier molecular flexibility index (Phi) is 7.97. The van der Waals surface area contributed by atoms with E-state index < -0.39 is 11.6 Å². The Morgan fingerprint density at radius 1 is 0.833 bits per heavy atom. The highest BCUT2D eigenvalue weighted by Gasteiger charge is 2.37. The van der Waals surface area contributed by atoms with Gasteiger partial charge in [-0.05, 0) is 47.9 Å². The molecular weight excluding hydrogens is 458 g/mol. The Bertz CT molecular complexity index is 1210. The van der Waals surface area contributed by atoms with Crippen LogP contribution in [-0.2, 0) is 21.6 Å². The van der Waals surface area contributed by atoms with Crippen molar-refractivity contribution in [1.29, 1.82) is 0 Å². The second-order valence-electron chi connectivity index (χ2n) is 7.94. The SMILES string of the molecule is CCOC(=O)c1cn(CCOC(c2ccccc2)(c2ccc(OC)cc2)c2ccc(OC)cc2)nn1. The fraction of sp³-hybridized carbons (Fsp3) is 0.250. The van der Waals surface area contributed by atoms with Crippen LogP contribution >= 0.6 is 0 Å². The lowest BCUT2D eigenvalue weighted by atomic mass is 9.80. The summed E-state index contributed by atoms with van der Waals surface area (Å²) in [6, 6.07) is 25.7. The van der Waals surface area contributed by atoms with E-state index in [9.17, 15) is 4.79 Å². The summed E-state index contributed by atoms with van der Waals surface area (Å²) in [4.78, 5) is 12.0. The molecule has 0 aliphatic rings. The Morgan fingerprint density at radius 3 is 1.92 bits per heavy atom. The number of methoxy groups -OCH3 is 2. The van der Waals surface area contributed by atoms with Crippen LogP contribution in [0.15, 0.2) is 85.1 Å². The molecule has 0 fully saturated rings. The van der Waals surface area contributed by atoms with Crippen molar-refractivity contribution in [3.63, 3.8) is 0 Å². The Labute approximate surface area is 210 Å². The van der Waals surface area contributed by atoms with E-state index in [-0.39, 0.29) is 12.3 Å². The molecule has 8 nitrogen and oxygen atoms in total. The van der Waals surface area contributed by atoms with E-state index in [1.807, 2.05) is 78.9 Å². The first-order valence-corrected chi connectivity index (χ1v) is 11.7. The van der Waals surface area contributed by atoms with E-state index in [2.05, 4.69) is 10.3 Å². The molecular formula is C28H29N3O5. The van der Waals surface area contributed by atoms with Crippen LogP contribution in [-0.4, -0.2) is 48.4 Å². The van der Waals surface area contributed by atoms with Crippen LogP contribution in [0.2, 0.25) is 0 Å². The van der Waals surface area contributed by atoms with Crippen molar-refractivity contribution in [3.8, 4) is 11.5 Å². The fourth-order valence-electron chi connectivity index (χ4n) is 4.07. The summed E-state index contributed by atoms with van der Waals surface area (Å²) in [6.07, 6.45) is 1.56. The average molecular weight is 488 g/mol. The highest BCUT2D eigenvalue weighted by molar-refractivity contribution is 5.86. The number of esters is 1. The van der Waals surface area contributed by atoms with Crippen LogP contribution in [0.3, 0.4) is 0 Å². The zero-order chi connectivity index (χ0) is 25.4. The van der Waals surface area contributed by atoms with Crippen LogP contribution in [0.25, 0.3) is 0 Å². The number of carbonyl (C=O) groups excluding carboxylic acids is 1. The molecule has 0 atom stereocenters. The van der Waals surface area contributed by atoms with Crippen molar-refractivity contribution in [1.82, 2.24) is 15.0 Å². The van der Waals surface area contributed by atoms with E-state index in [4.69, 9.17) is 18.9 Å². The molecule has 0 radical (unpaired) electrons. The zero-order valence-corrected chi connectivity index (χ0v) is 20.6. The number of hydrogen-bond acceptors (Lipinski definition) is 7. The summed E-state index contributed by atoms with van der Waals surface area (Å²) in [6.45, 7) is 2.70. The number of benzene rings is 3. The molecule has 0 aliphatic carbocycles. The summed E-state index contributed by atoms with van der Waals surface area (Å²) in [5, 5.41) is 7.97. The van der Waals surface area contributed by atoms with E-state index in [0.29, 0.717) is 13.2 Å². The van der Waals surface area contributed by atoms with Crippen LogP contribution in [0.5, 0.6) is 11.5 Å². The second kappa shape index (κ2) is 11.5. The summed E-state index contributed by atoms with van der Waals surface area (Å²) in [7, 11) is 3.28. The molecule has 0 saturated heterocycles. The molecule has 3 aromatic carbocycles. The van der Waals surface area contributed by atoms with Crippen LogP contribution in [0.4, 0.5) is 0 Å². The molecule has 1 aromatic heterocycles.